The Hall–Kier alpha value is -2.16. The molecule has 0 radical (unpaired) electrons. The predicted octanol–water partition coefficient (Wildman–Crippen LogP) is 4.50. The average molecular weight is 283 g/mol. The lowest BCUT2D eigenvalue weighted by Gasteiger charge is -2.27. The lowest BCUT2D eigenvalue weighted by Crippen LogP contribution is -2.21. The Labute approximate surface area is 124 Å². The number of carbonyl (C=O) groups excluding carboxylic acids is 1. The molecule has 1 heterocycles. The summed E-state index contributed by atoms with van der Waals surface area (Å²) in [5.74, 6) is -0.674. The number of fused-ring (bicyclic) bond motifs is 1. The van der Waals surface area contributed by atoms with Crippen molar-refractivity contribution in [2.75, 3.05) is 11.4 Å². The van der Waals surface area contributed by atoms with E-state index in [0.717, 1.165) is 31.5 Å². The van der Waals surface area contributed by atoms with Crippen LogP contribution in [-0.4, -0.2) is 12.3 Å². The summed E-state index contributed by atoms with van der Waals surface area (Å²) in [5, 5.41) is 0. The van der Waals surface area contributed by atoms with E-state index >= 15 is 0 Å². The van der Waals surface area contributed by atoms with Gasteiger partial charge in [-0.3, -0.25) is 4.79 Å². The van der Waals surface area contributed by atoms with Gasteiger partial charge < -0.3 is 4.90 Å². The van der Waals surface area contributed by atoms with Gasteiger partial charge in [0.15, 0.2) is 5.78 Å². The number of nitrogens with zero attached hydrogens (tertiary/aromatic N) is 1. The van der Waals surface area contributed by atoms with Gasteiger partial charge in [0.1, 0.15) is 5.82 Å². The van der Waals surface area contributed by atoms with E-state index in [1.807, 2.05) is 18.2 Å². The molecule has 0 bridgehead atoms. The predicted molar refractivity (Wildman–Crippen MR) is 82.8 cm³/mol. The first-order valence-electron chi connectivity index (χ1n) is 7.33. The van der Waals surface area contributed by atoms with E-state index in [2.05, 4.69) is 17.0 Å². The zero-order valence-corrected chi connectivity index (χ0v) is 12.1. The fourth-order valence-electron chi connectivity index (χ4n) is 3.03. The van der Waals surface area contributed by atoms with Crippen LogP contribution in [0.1, 0.15) is 35.7 Å². The third kappa shape index (κ3) is 2.56. The molecule has 1 aliphatic heterocycles. The summed E-state index contributed by atoms with van der Waals surface area (Å²) in [6.45, 7) is 2.23. The Kier molecular flexibility index (Phi) is 3.74. The first kappa shape index (κ1) is 13.8. The van der Waals surface area contributed by atoms with Crippen molar-refractivity contribution >= 4 is 17.2 Å². The van der Waals surface area contributed by atoms with Gasteiger partial charge in [0.2, 0.25) is 0 Å². The van der Waals surface area contributed by atoms with Crippen molar-refractivity contribution in [3.05, 3.63) is 59.4 Å². The summed E-state index contributed by atoms with van der Waals surface area (Å²) < 4.78 is 14.1. The number of Topliss-reactive ketones (excluding diaryl/α,β-unsaturated/α-hetero) is 1. The summed E-state index contributed by atoms with van der Waals surface area (Å²) in [7, 11) is 0. The maximum absolute atomic E-state index is 14.1. The Morgan fingerprint density at radius 2 is 1.81 bits per heavy atom. The van der Waals surface area contributed by atoms with E-state index in [4.69, 9.17) is 0 Å². The van der Waals surface area contributed by atoms with Crippen molar-refractivity contribution < 1.29 is 9.18 Å². The summed E-state index contributed by atoms with van der Waals surface area (Å²) in [6, 6.07) is 13.0. The lowest BCUT2D eigenvalue weighted by atomic mass is 10.1. The minimum absolute atomic E-state index is 0.189. The van der Waals surface area contributed by atoms with Gasteiger partial charge in [-0.25, -0.2) is 4.39 Å². The maximum Gasteiger partial charge on any atom is 0.164 e. The zero-order chi connectivity index (χ0) is 14.8. The van der Waals surface area contributed by atoms with Gasteiger partial charge in [-0.15, -0.1) is 0 Å². The zero-order valence-electron chi connectivity index (χ0n) is 12.1. The number of hydrogen-bond donors (Lipinski definition) is 0. The number of aryl methyl sites for hydroxylation is 1. The van der Waals surface area contributed by atoms with Crippen LogP contribution in [-0.2, 0) is 6.42 Å². The topological polar surface area (TPSA) is 20.3 Å². The van der Waals surface area contributed by atoms with Gasteiger partial charge in [-0.2, -0.15) is 0 Å². The summed E-state index contributed by atoms with van der Waals surface area (Å²) in [6.07, 6.45) is 3.16. The van der Waals surface area contributed by atoms with Crippen LogP contribution in [0.15, 0.2) is 42.5 Å². The van der Waals surface area contributed by atoms with Gasteiger partial charge >= 0.3 is 0 Å². The largest absolute Gasteiger partial charge is 0.341 e. The maximum atomic E-state index is 14.1. The number of halogens is 1. The van der Waals surface area contributed by atoms with E-state index in [0.29, 0.717) is 5.69 Å². The molecule has 2 aromatic rings. The Morgan fingerprint density at radius 1 is 1.05 bits per heavy atom. The molecule has 0 fully saturated rings. The minimum atomic E-state index is -0.443. The number of para-hydroxylation sites is 1. The van der Waals surface area contributed by atoms with Crippen molar-refractivity contribution in [3.8, 4) is 0 Å². The van der Waals surface area contributed by atoms with E-state index in [1.165, 1.54) is 18.6 Å². The van der Waals surface area contributed by atoms with Gasteiger partial charge in [-0.1, -0.05) is 24.3 Å². The molecule has 3 rings (SSSR count). The molecule has 0 spiro atoms. The highest BCUT2D eigenvalue weighted by atomic mass is 19.1. The van der Waals surface area contributed by atoms with Crippen molar-refractivity contribution in [1.82, 2.24) is 0 Å². The third-order valence-corrected chi connectivity index (χ3v) is 3.99. The molecular formula is C18H18FNO. The molecule has 108 valence electrons. The van der Waals surface area contributed by atoms with E-state index in [9.17, 15) is 9.18 Å². The molecule has 0 atom stereocenters. The molecule has 0 amide bonds. The number of carbonyl (C=O) groups is 1. The Morgan fingerprint density at radius 3 is 2.62 bits per heavy atom. The van der Waals surface area contributed by atoms with Crippen molar-refractivity contribution in [2.45, 2.75) is 26.2 Å². The van der Waals surface area contributed by atoms with Crippen LogP contribution >= 0.6 is 0 Å². The molecule has 2 nitrogen and oxygen atoms in total. The summed E-state index contributed by atoms with van der Waals surface area (Å²) in [4.78, 5) is 13.9. The van der Waals surface area contributed by atoms with Crippen molar-refractivity contribution in [3.63, 3.8) is 0 Å². The first-order chi connectivity index (χ1) is 10.2. The molecular weight excluding hydrogens is 265 g/mol. The number of anilines is 2. The highest BCUT2D eigenvalue weighted by Crippen LogP contribution is 2.35. The van der Waals surface area contributed by atoms with Crippen LogP contribution in [0.2, 0.25) is 0 Å². The van der Waals surface area contributed by atoms with Crippen LogP contribution in [0, 0.1) is 5.82 Å². The monoisotopic (exact) mass is 283 g/mol. The fraction of sp³-hybridized carbons (Fsp3) is 0.278. The number of ketones is 1. The van der Waals surface area contributed by atoms with E-state index in [1.54, 1.807) is 6.07 Å². The smallest absolute Gasteiger partial charge is 0.164 e. The van der Waals surface area contributed by atoms with E-state index < -0.39 is 5.82 Å². The highest BCUT2D eigenvalue weighted by molar-refractivity contribution is 6.01. The van der Waals surface area contributed by atoms with E-state index in [-0.39, 0.29) is 11.3 Å². The van der Waals surface area contributed by atoms with Gasteiger partial charge in [0.05, 0.1) is 11.3 Å². The van der Waals surface area contributed by atoms with Crippen LogP contribution in [0.5, 0.6) is 0 Å². The molecule has 3 heteroatoms. The second-order valence-corrected chi connectivity index (χ2v) is 5.43. The number of rotatable bonds is 2. The van der Waals surface area contributed by atoms with Gasteiger partial charge in [0, 0.05) is 12.2 Å². The second-order valence-electron chi connectivity index (χ2n) is 5.43. The average Bonchev–Trinajstić information content (AvgIpc) is 2.68. The lowest BCUT2D eigenvalue weighted by molar-refractivity contribution is 0.101. The van der Waals surface area contributed by atoms with Crippen molar-refractivity contribution in [1.29, 1.82) is 0 Å². The van der Waals surface area contributed by atoms with Gasteiger partial charge in [-0.05, 0) is 49.9 Å². The molecule has 1 aliphatic rings. The minimum Gasteiger partial charge on any atom is -0.341 e. The highest BCUT2D eigenvalue weighted by Gasteiger charge is 2.22. The van der Waals surface area contributed by atoms with Gasteiger partial charge in [0.25, 0.3) is 0 Å². The van der Waals surface area contributed by atoms with Crippen LogP contribution in [0.4, 0.5) is 15.8 Å². The summed E-state index contributed by atoms with van der Waals surface area (Å²) >= 11 is 0. The quantitative estimate of drug-likeness (QED) is 0.756. The Balaban J connectivity index is 2.17. The SMILES string of the molecule is CC(=O)c1c(F)cccc1N1CCCCc2ccccc21. The first-order valence-corrected chi connectivity index (χ1v) is 7.33. The third-order valence-electron chi connectivity index (χ3n) is 3.99. The molecule has 2 aromatic carbocycles. The number of benzene rings is 2. The molecule has 0 N–H and O–H groups in total. The molecule has 21 heavy (non-hydrogen) atoms. The standard InChI is InChI=1S/C18H18FNO/c1-13(21)18-15(19)9-6-11-17(18)20-12-5-4-8-14-7-2-3-10-16(14)20/h2-3,6-7,9-11H,4-5,8,12H2,1H3. The van der Waals surface area contributed by atoms with Crippen molar-refractivity contribution in [2.24, 2.45) is 0 Å². The van der Waals surface area contributed by atoms with Crippen LogP contribution < -0.4 is 4.90 Å². The van der Waals surface area contributed by atoms with Crippen LogP contribution in [0.3, 0.4) is 0 Å². The second kappa shape index (κ2) is 5.68. The Bertz CT molecular complexity index is 681. The molecule has 0 aliphatic carbocycles. The fourth-order valence-corrected chi connectivity index (χ4v) is 3.03. The summed E-state index contributed by atoms with van der Waals surface area (Å²) in [5.41, 5.74) is 3.21. The number of hydrogen-bond acceptors (Lipinski definition) is 2. The molecule has 0 aromatic heterocycles. The molecule has 0 unspecified atom stereocenters. The molecule has 0 saturated heterocycles. The molecule has 0 saturated carbocycles. The van der Waals surface area contributed by atoms with Crippen LogP contribution in [0.25, 0.3) is 0 Å². The normalized spacial score (nSPS) is 14.5.